The van der Waals surface area contributed by atoms with Gasteiger partial charge >= 0.3 is 5.69 Å². The Balaban J connectivity index is 2.06. The maximum Gasteiger partial charge on any atom is 0.331 e. The monoisotopic (exact) mass is 457 g/mol. The average molecular weight is 458 g/mol. The number of aryl methyl sites for hydroxylation is 3. The van der Waals surface area contributed by atoms with Gasteiger partial charge in [0.1, 0.15) is 11.6 Å². The second-order valence-electron chi connectivity index (χ2n) is 7.00. The van der Waals surface area contributed by atoms with Crippen LogP contribution in [-0.2, 0) is 17.9 Å². The van der Waals surface area contributed by atoms with Gasteiger partial charge in [-0.05, 0) is 38.0 Å². The van der Waals surface area contributed by atoms with E-state index in [2.05, 4.69) is 4.98 Å². The summed E-state index contributed by atoms with van der Waals surface area (Å²) in [5.41, 5.74) is 1.43. The number of hydrogen-bond donors (Lipinski definition) is 0. The highest BCUT2D eigenvalue weighted by atomic mass is 35.5. The van der Waals surface area contributed by atoms with E-state index in [1.807, 2.05) is 26.0 Å². The number of carbonyl (C=O) groups excluding carboxylic acids is 1. The number of anilines is 2. The molecule has 0 aliphatic carbocycles. The summed E-state index contributed by atoms with van der Waals surface area (Å²) >= 11 is 7.63. The molecule has 0 fully saturated rings. The number of benzene rings is 1. The van der Waals surface area contributed by atoms with Crippen molar-refractivity contribution in [2.45, 2.75) is 40.8 Å². The largest absolute Gasteiger partial charge is 0.331 e. The molecule has 3 rings (SSSR count). The van der Waals surface area contributed by atoms with Gasteiger partial charge in [0, 0.05) is 25.0 Å². The molecule has 8 nitrogen and oxygen atoms in total. The third-order valence-electron chi connectivity index (χ3n) is 4.69. The van der Waals surface area contributed by atoms with Crippen LogP contribution in [0.25, 0.3) is 0 Å². The quantitative estimate of drug-likeness (QED) is 0.584. The Bertz CT molecular complexity index is 1310. The van der Waals surface area contributed by atoms with Gasteiger partial charge in [0.15, 0.2) is 5.13 Å². The van der Waals surface area contributed by atoms with Crippen molar-refractivity contribution in [2.75, 3.05) is 4.90 Å². The minimum atomic E-state index is -0.674. The molecule has 10 heteroatoms. The highest BCUT2D eigenvalue weighted by Gasteiger charge is 2.23. The molecule has 1 aromatic carbocycles. The van der Waals surface area contributed by atoms with E-state index in [-0.39, 0.29) is 18.0 Å². The summed E-state index contributed by atoms with van der Waals surface area (Å²) in [5, 5.41) is 11.7. The SMILES string of the molecule is CCn1cc(C#N)c(=O)n(Cc2csc(N(C(C)=O)c3c(C)cc(C)cc3Cl)n2)c1=O. The van der Waals surface area contributed by atoms with Crippen LogP contribution in [0.15, 0.2) is 33.3 Å². The van der Waals surface area contributed by atoms with Crippen LogP contribution < -0.4 is 16.1 Å². The summed E-state index contributed by atoms with van der Waals surface area (Å²) in [6.07, 6.45) is 1.26. The predicted molar refractivity (Wildman–Crippen MR) is 120 cm³/mol. The number of hydrogen-bond acceptors (Lipinski definition) is 6. The molecule has 0 spiro atoms. The Hall–Kier alpha value is -3.22. The van der Waals surface area contributed by atoms with Crippen molar-refractivity contribution >= 4 is 39.7 Å². The van der Waals surface area contributed by atoms with Crippen LogP contribution in [0.4, 0.5) is 10.8 Å². The van der Waals surface area contributed by atoms with Crippen molar-refractivity contribution in [3.63, 3.8) is 0 Å². The molecule has 0 saturated heterocycles. The fraction of sp³-hybridized carbons (Fsp3) is 0.286. The van der Waals surface area contributed by atoms with Gasteiger partial charge < -0.3 is 0 Å². The van der Waals surface area contributed by atoms with E-state index in [1.54, 1.807) is 18.4 Å². The van der Waals surface area contributed by atoms with Crippen LogP contribution in [0, 0.1) is 25.2 Å². The Morgan fingerprint density at radius 1 is 1.32 bits per heavy atom. The van der Waals surface area contributed by atoms with Gasteiger partial charge in [-0.15, -0.1) is 11.3 Å². The van der Waals surface area contributed by atoms with Crippen molar-refractivity contribution in [1.29, 1.82) is 5.26 Å². The van der Waals surface area contributed by atoms with Gasteiger partial charge in [0.2, 0.25) is 5.91 Å². The Morgan fingerprint density at radius 2 is 2.03 bits per heavy atom. The van der Waals surface area contributed by atoms with E-state index in [1.165, 1.54) is 33.9 Å². The van der Waals surface area contributed by atoms with Gasteiger partial charge in [0.05, 0.1) is 22.9 Å². The van der Waals surface area contributed by atoms with Crippen LogP contribution in [0.1, 0.15) is 36.2 Å². The molecule has 2 heterocycles. The molecule has 0 bridgehead atoms. The molecule has 0 aliphatic rings. The maximum absolute atomic E-state index is 12.6. The minimum Gasteiger partial charge on any atom is -0.299 e. The van der Waals surface area contributed by atoms with Gasteiger partial charge in [-0.2, -0.15) is 5.26 Å². The van der Waals surface area contributed by atoms with Crippen LogP contribution in [0.5, 0.6) is 0 Å². The lowest BCUT2D eigenvalue weighted by molar-refractivity contribution is -0.115. The first-order valence-electron chi connectivity index (χ1n) is 9.44. The topological polar surface area (TPSA) is 101 Å². The van der Waals surface area contributed by atoms with Crippen LogP contribution in [0.2, 0.25) is 5.02 Å². The number of thiazole rings is 1. The van der Waals surface area contributed by atoms with Crippen LogP contribution in [0.3, 0.4) is 0 Å². The molecule has 31 heavy (non-hydrogen) atoms. The summed E-state index contributed by atoms with van der Waals surface area (Å²) in [5.74, 6) is -0.272. The van der Waals surface area contributed by atoms with E-state index < -0.39 is 11.2 Å². The highest BCUT2D eigenvalue weighted by molar-refractivity contribution is 7.14. The molecule has 0 N–H and O–H groups in total. The van der Waals surface area contributed by atoms with E-state index in [9.17, 15) is 19.6 Å². The summed E-state index contributed by atoms with van der Waals surface area (Å²) in [6, 6.07) is 5.52. The van der Waals surface area contributed by atoms with Crippen LogP contribution >= 0.6 is 22.9 Å². The summed E-state index contributed by atoms with van der Waals surface area (Å²) in [6.45, 7) is 7.14. The Kier molecular flexibility index (Phi) is 6.43. The lowest BCUT2D eigenvalue weighted by atomic mass is 10.1. The zero-order valence-corrected chi connectivity index (χ0v) is 19.0. The minimum absolute atomic E-state index is 0.115. The molecule has 0 unspecified atom stereocenters. The van der Waals surface area contributed by atoms with Crippen molar-refractivity contribution in [1.82, 2.24) is 14.1 Å². The molecule has 0 radical (unpaired) electrons. The molecule has 1 amide bonds. The number of carbonyl (C=O) groups is 1. The van der Waals surface area contributed by atoms with E-state index in [4.69, 9.17) is 11.6 Å². The third-order valence-corrected chi connectivity index (χ3v) is 5.85. The van der Waals surface area contributed by atoms with Crippen molar-refractivity contribution in [3.8, 4) is 6.07 Å². The second-order valence-corrected chi connectivity index (χ2v) is 8.25. The highest BCUT2D eigenvalue weighted by Crippen LogP contribution is 2.37. The Labute approximate surface area is 187 Å². The number of nitriles is 1. The smallest absolute Gasteiger partial charge is 0.299 e. The van der Waals surface area contributed by atoms with Crippen LogP contribution in [-0.4, -0.2) is 20.0 Å². The Morgan fingerprint density at radius 3 is 2.61 bits per heavy atom. The summed E-state index contributed by atoms with van der Waals surface area (Å²) in [4.78, 5) is 43.5. The molecular formula is C21H20ClN5O3S. The zero-order valence-electron chi connectivity index (χ0n) is 17.5. The van der Waals surface area contributed by atoms with Gasteiger partial charge in [0.25, 0.3) is 5.56 Å². The molecule has 0 aliphatic heterocycles. The van der Waals surface area contributed by atoms with Crippen molar-refractivity contribution < 1.29 is 4.79 Å². The predicted octanol–water partition coefficient (Wildman–Crippen LogP) is 3.36. The van der Waals surface area contributed by atoms with Crippen molar-refractivity contribution in [3.05, 3.63) is 72.0 Å². The van der Waals surface area contributed by atoms with E-state index in [0.717, 1.165) is 15.7 Å². The summed E-state index contributed by atoms with van der Waals surface area (Å²) < 4.78 is 2.27. The second kappa shape index (κ2) is 8.88. The van der Waals surface area contributed by atoms with E-state index >= 15 is 0 Å². The van der Waals surface area contributed by atoms with Gasteiger partial charge in [-0.1, -0.05) is 17.7 Å². The summed E-state index contributed by atoms with van der Waals surface area (Å²) in [7, 11) is 0. The third kappa shape index (κ3) is 4.31. The molecule has 3 aromatic rings. The van der Waals surface area contributed by atoms with Gasteiger partial charge in [-0.25, -0.2) is 9.78 Å². The number of halogens is 1. The molecule has 0 atom stereocenters. The first-order valence-corrected chi connectivity index (χ1v) is 10.7. The maximum atomic E-state index is 12.6. The number of aromatic nitrogens is 3. The van der Waals surface area contributed by atoms with E-state index in [0.29, 0.717) is 28.1 Å². The average Bonchev–Trinajstić information content (AvgIpc) is 3.15. The fourth-order valence-electron chi connectivity index (χ4n) is 3.31. The standard InChI is InChI=1S/C21H20ClN5O3S/c1-5-25-9-15(8-23)19(29)26(21(25)30)10-16-11-31-20(24-16)27(14(4)28)18-13(3)6-12(2)7-17(18)22/h6-7,9,11H,5,10H2,1-4H3. The zero-order chi connectivity index (χ0) is 22.9. The van der Waals surface area contributed by atoms with Crippen molar-refractivity contribution in [2.24, 2.45) is 0 Å². The number of nitrogens with zero attached hydrogens (tertiary/aromatic N) is 5. The molecule has 2 aromatic heterocycles. The normalized spacial score (nSPS) is 10.7. The first-order chi connectivity index (χ1) is 14.7. The lowest BCUT2D eigenvalue weighted by Crippen LogP contribution is -2.41. The molecular weight excluding hydrogens is 438 g/mol. The number of amides is 1. The number of rotatable bonds is 5. The van der Waals surface area contributed by atoms with Gasteiger partial charge in [-0.3, -0.25) is 23.6 Å². The lowest BCUT2D eigenvalue weighted by Gasteiger charge is -2.22. The fourth-order valence-corrected chi connectivity index (χ4v) is 4.58. The molecule has 160 valence electrons. The first kappa shape index (κ1) is 22.5. The molecule has 0 saturated carbocycles.